The maximum Gasteiger partial charge on any atom is 0.112 e. The molecule has 4 heteroatoms. The van der Waals surface area contributed by atoms with E-state index in [1.54, 1.807) is 6.20 Å². The number of methoxy groups -OCH3 is 1. The number of nitrogens with one attached hydrogen (secondary N) is 1. The van der Waals surface area contributed by atoms with E-state index in [1.165, 1.54) is 7.11 Å². The van der Waals surface area contributed by atoms with E-state index in [1.807, 2.05) is 24.3 Å². The molecule has 3 N–H and O–H groups in total. The van der Waals surface area contributed by atoms with E-state index in [4.69, 9.17) is 9.84 Å². The lowest BCUT2D eigenvalue weighted by atomic mass is 10.0. The minimum Gasteiger partial charge on any atom is -0.394 e. The fourth-order valence-corrected chi connectivity index (χ4v) is 1.92. The second-order valence-electron chi connectivity index (χ2n) is 3.70. The maximum absolute atomic E-state index is 9.66. The molecule has 0 amide bonds. The average molecular weight is 221 g/mol. The summed E-state index contributed by atoms with van der Waals surface area (Å²) in [4.78, 5) is 3.11. The van der Waals surface area contributed by atoms with Crippen LogP contribution in [0.25, 0.3) is 10.9 Å². The summed E-state index contributed by atoms with van der Waals surface area (Å²) in [6.07, 6.45) is 0.378. The van der Waals surface area contributed by atoms with Crippen molar-refractivity contribution in [1.29, 1.82) is 0 Å². The molecule has 2 aromatic rings. The normalized spacial score (nSPS) is 15.2. The van der Waals surface area contributed by atoms with Crippen molar-refractivity contribution in [1.82, 2.24) is 4.98 Å². The van der Waals surface area contributed by atoms with E-state index in [0.29, 0.717) is 0 Å². The Bertz CT molecular complexity index is 466. The van der Waals surface area contributed by atoms with Crippen LogP contribution < -0.4 is 0 Å². The van der Waals surface area contributed by atoms with Crippen LogP contribution in [0, 0.1) is 0 Å². The molecule has 0 aliphatic heterocycles. The van der Waals surface area contributed by atoms with Crippen LogP contribution in [0.1, 0.15) is 11.7 Å². The zero-order chi connectivity index (χ0) is 11.5. The highest BCUT2D eigenvalue weighted by atomic mass is 16.5. The molecule has 86 valence electrons. The highest BCUT2D eigenvalue weighted by Crippen LogP contribution is 2.28. The SMILES string of the molecule is CO[C@@H](c1c[nH]c2ccccc12)[C@@H](O)CO. The summed E-state index contributed by atoms with van der Waals surface area (Å²) in [6, 6.07) is 7.78. The van der Waals surface area contributed by atoms with E-state index in [-0.39, 0.29) is 6.61 Å². The Morgan fingerprint density at radius 1 is 1.38 bits per heavy atom. The van der Waals surface area contributed by atoms with Crippen LogP contribution in [0.3, 0.4) is 0 Å². The zero-order valence-electron chi connectivity index (χ0n) is 9.05. The van der Waals surface area contributed by atoms with Gasteiger partial charge < -0.3 is 19.9 Å². The third-order valence-electron chi connectivity index (χ3n) is 2.72. The molecular formula is C12H15NO3. The van der Waals surface area contributed by atoms with Gasteiger partial charge in [0.2, 0.25) is 0 Å². The van der Waals surface area contributed by atoms with Crippen LogP contribution in [0.2, 0.25) is 0 Å². The Labute approximate surface area is 93.5 Å². The van der Waals surface area contributed by atoms with E-state index in [9.17, 15) is 5.11 Å². The largest absolute Gasteiger partial charge is 0.394 e. The van der Waals surface area contributed by atoms with Gasteiger partial charge in [-0.2, -0.15) is 0 Å². The van der Waals surface area contributed by atoms with Crippen molar-refractivity contribution < 1.29 is 14.9 Å². The number of aliphatic hydroxyl groups excluding tert-OH is 2. The molecule has 0 unspecified atom stereocenters. The molecule has 0 bridgehead atoms. The van der Waals surface area contributed by atoms with Crippen LogP contribution in [0.4, 0.5) is 0 Å². The Hall–Kier alpha value is -1.36. The molecule has 1 heterocycles. The summed E-state index contributed by atoms with van der Waals surface area (Å²) >= 11 is 0. The first-order chi connectivity index (χ1) is 7.77. The summed E-state index contributed by atoms with van der Waals surface area (Å²) < 4.78 is 5.23. The fourth-order valence-electron chi connectivity index (χ4n) is 1.92. The molecule has 4 nitrogen and oxygen atoms in total. The number of benzene rings is 1. The van der Waals surface area contributed by atoms with Gasteiger partial charge in [-0.3, -0.25) is 0 Å². The Kier molecular flexibility index (Phi) is 3.24. The second-order valence-corrected chi connectivity index (χ2v) is 3.70. The number of aliphatic hydroxyl groups is 2. The molecule has 0 radical (unpaired) electrons. The molecule has 0 aliphatic carbocycles. The summed E-state index contributed by atoms with van der Waals surface area (Å²) in [5, 5.41) is 19.6. The maximum atomic E-state index is 9.66. The Balaban J connectivity index is 2.45. The van der Waals surface area contributed by atoms with Gasteiger partial charge in [0.05, 0.1) is 6.61 Å². The quantitative estimate of drug-likeness (QED) is 0.727. The standard InChI is InChI=1S/C12H15NO3/c1-16-12(11(15)7-14)9-6-13-10-5-3-2-4-8(9)10/h2-6,11-15H,7H2,1H3/t11-,12-/m0/s1. The number of hydrogen-bond acceptors (Lipinski definition) is 3. The lowest BCUT2D eigenvalue weighted by molar-refractivity contribution is -0.0385. The average Bonchev–Trinajstić information content (AvgIpc) is 2.74. The topological polar surface area (TPSA) is 65.5 Å². The van der Waals surface area contributed by atoms with Crippen LogP contribution in [0.15, 0.2) is 30.5 Å². The summed E-state index contributed by atoms with van der Waals surface area (Å²) in [6.45, 7) is -0.321. The van der Waals surface area contributed by atoms with Crippen LogP contribution in [-0.2, 0) is 4.74 Å². The third-order valence-corrected chi connectivity index (χ3v) is 2.72. The van der Waals surface area contributed by atoms with Gasteiger partial charge in [-0.25, -0.2) is 0 Å². The van der Waals surface area contributed by atoms with E-state index in [0.717, 1.165) is 16.5 Å². The summed E-state index contributed by atoms with van der Waals surface area (Å²) in [5.41, 5.74) is 1.85. The van der Waals surface area contributed by atoms with E-state index in [2.05, 4.69) is 4.98 Å². The van der Waals surface area contributed by atoms with Crippen molar-refractivity contribution in [3.63, 3.8) is 0 Å². The Morgan fingerprint density at radius 3 is 2.81 bits per heavy atom. The first kappa shape index (κ1) is 11.1. The first-order valence-corrected chi connectivity index (χ1v) is 5.15. The van der Waals surface area contributed by atoms with E-state index < -0.39 is 12.2 Å². The number of hydrogen-bond donors (Lipinski definition) is 3. The number of para-hydroxylation sites is 1. The predicted octanol–water partition coefficient (Wildman–Crippen LogP) is 1.21. The minimum absolute atomic E-state index is 0.321. The van der Waals surface area contributed by atoms with Gasteiger partial charge in [0, 0.05) is 29.8 Å². The molecule has 0 fully saturated rings. The summed E-state index contributed by atoms with van der Waals surface area (Å²) in [7, 11) is 1.52. The third kappa shape index (κ3) is 1.82. The molecule has 2 rings (SSSR count). The van der Waals surface area contributed by atoms with Gasteiger partial charge >= 0.3 is 0 Å². The van der Waals surface area contributed by atoms with Gasteiger partial charge in [0.25, 0.3) is 0 Å². The molecular weight excluding hydrogens is 206 g/mol. The van der Waals surface area contributed by atoms with Crippen molar-refractivity contribution in [3.8, 4) is 0 Å². The number of fused-ring (bicyclic) bond motifs is 1. The molecule has 2 atom stereocenters. The predicted molar refractivity (Wildman–Crippen MR) is 61.1 cm³/mol. The van der Waals surface area contributed by atoms with Gasteiger partial charge in [-0.1, -0.05) is 18.2 Å². The van der Waals surface area contributed by atoms with Crippen molar-refractivity contribution in [2.75, 3.05) is 13.7 Å². The zero-order valence-corrected chi connectivity index (χ0v) is 9.05. The van der Waals surface area contributed by atoms with Crippen LogP contribution >= 0.6 is 0 Å². The lowest BCUT2D eigenvalue weighted by Crippen LogP contribution is -2.23. The van der Waals surface area contributed by atoms with Crippen molar-refractivity contribution in [2.45, 2.75) is 12.2 Å². The first-order valence-electron chi connectivity index (χ1n) is 5.15. The number of aromatic nitrogens is 1. The molecule has 0 aliphatic rings. The molecule has 1 aromatic carbocycles. The van der Waals surface area contributed by atoms with Gasteiger partial charge in [-0.15, -0.1) is 0 Å². The van der Waals surface area contributed by atoms with E-state index >= 15 is 0 Å². The van der Waals surface area contributed by atoms with Crippen molar-refractivity contribution in [2.24, 2.45) is 0 Å². The van der Waals surface area contributed by atoms with Gasteiger partial charge in [-0.05, 0) is 6.07 Å². The number of ether oxygens (including phenoxy) is 1. The molecule has 0 saturated carbocycles. The highest BCUT2D eigenvalue weighted by Gasteiger charge is 2.22. The smallest absolute Gasteiger partial charge is 0.112 e. The lowest BCUT2D eigenvalue weighted by Gasteiger charge is -2.19. The monoisotopic (exact) mass is 221 g/mol. The molecule has 16 heavy (non-hydrogen) atoms. The van der Waals surface area contributed by atoms with Crippen molar-refractivity contribution >= 4 is 10.9 Å². The molecule has 0 spiro atoms. The second kappa shape index (κ2) is 4.65. The fraction of sp³-hybridized carbons (Fsp3) is 0.333. The number of aromatic amines is 1. The number of H-pyrrole nitrogens is 1. The van der Waals surface area contributed by atoms with Gasteiger partial charge in [0.15, 0.2) is 0 Å². The van der Waals surface area contributed by atoms with Crippen molar-refractivity contribution in [3.05, 3.63) is 36.0 Å². The minimum atomic E-state index is -0.913. The van der Waals surface area contributed by atoms with Crippen LogP contribution in [0.5, 0.6) is 0 Å². The van der Waals surface area contributed by atoms with Crippen LogP contribution in [-0.4, -0.2) is 35.0 Å². The highest BCUT2D eigenvalue weighted by molar-refractivity contribution is 5.83. The molecule has 0 saturated heterocycles. The Morgan fingerprint density at radius 2 is 2.12 bits per heavy atom. The number of rotatable bonds is 4. The van der Waals surface area contributed by atoms with Gasteiger partial charge in [0.1, 0.15) is 12.2 Å². The summed E-state index contributed by atoms with van der Waals surface area (Å²) in [5.74, 6) is 0. The molecule has 1 aromatic heterocycles.